The average molecular weight is 355 g/mol. The SMILES string of the molecule is CC(NC(=O)COc1ccc(C(C)(C)C)cc1)c1ccc2c(c1)OCO2. The number of ether oxygens (including phenoxy) is 3. The maximum absolute atomic E-state index is 12.2. The maximum Gasteiger partial charge on any atom is 0.258 e. The molecule has 1 unspecified atom stereocenters. The van der Waals surface area contributed by atoms with Gasteiger partial charge in [0.2, 0.25) is 6.79 Å². The number of amides is 1. The lowest BCUT2D eigenvalue weighted by molar-refractivity contribution is -0.123. The van der Waals surface area contributed by atoms with E-state index in [2.05, 4.69) is 26.1 Å². The van der Waals surface area contributed by atoms with Crippen molar-refractivity contribution in [2.45, 2.75) is 39.2 Å². The third-order valence-electron chi connectivity index (χ3n) is 4.36. The van der Waals surface area contributed by atoms with Gasteiger partial charge in [-0.3, -0.25) is 4.79 Å². The number of hydrogen-bond donors (Lipinski definition) is 1. The molecule has 3 rings (SSSR count). The summed E-state index contributed by atoms with van der Waals surface area (Å²) in [5.41, 5.74) is 2.28. The first-order chi connectivity index (χ1) is 12.3. The van der Waals surface area contributed by atoms with Crippen molar-refractivity contribution >= 4 is 5.91 Å². The monoisotopic (exact) mass is 355 g/mol. The Balaban J connectivity index is 1.52. The number of rotatable bonds is 5. The summed E-state index contributed by atoms with van der Waals surface area (Å²) >= 11 is 0. The van der Waals surface area contributed by atoms with Crippen LogP contribution in [0.2, 0.25) is 0 Å². The van der Waals surface area contributed by atoms with Crippen molar-refractivity contribution in [3.8, 4) is 17.2 Å². The molecule has 26 heavy (non-hydrogen) atoms. The molecule has 0 aliphatic carbocycles. The minimum atomic E-state index is -0.171. The van der Waals surface area contributed by atoms with Crippen LogP contribution in [0.4, 0.5) is 0 Å². The van der Waals surface area contributed by atoms with E-state index in [1.165, 1.54) is 5.56 Å². The van der Waals surface area contributed by atoms with E-state index < -0.39 is 0 Å². The number of fused-ring (bicyclic) bond motifs is 1. The molecular formula is C21H25NO4. The van der Waals surface area contributed by atoms with Crippen LogP contribution in [0.25, 0.3) is 0 Å². The molecule has 138 valence electrons. The second-order valence-electron chi connectivity index (χ2n) is 7.46. The minimum Gasteiger partial charge on any atom is -0.484 e. The van der Waals surface area contributed by atoms with Crippen LogP contribution >= 0.6 is 0 Å². The predicted octanol–water partition coefficient (Wildman–Crippen LogP) is 3.97. The first-order valence-corrected chi connectivity index (χ1v) is 8.75. The van der Waals surface area contributed by atoms with Crippen LogP contribution < -0.4 is 19.5 Å². The van der Waals surface area contributed by atoms with E-state index in [0.717, 1.165) is 11.3 Å². The van der Waals surface area contributed by atoms with Crippen LogP contribution in [-0.2, 0) is 10.2 Å². The Kier molecular flexibility index (Phi) is 5.07. The summed E-state index contributed by atoms with van der Waals surface area (Å²) in [4.78, 5) is 12.2. The standard InChI is InChI=1S/C21H25NO4/c1-14(15-5-10-18-19(11-15)26-13-25-18)22-20(23)12-24-17-8-6-16(7-9-17)21(2,3)4/h5-11,14H,12-13H2,1-4H3,(H,22,23). The summed E-state index contributed by atoms with van der Waals surface area (Å²) in [7, 11) is 0. The van der Waals surface area contributed by atoms with Gasteiger partial charge < -0.3 is 19.5 Å². The molecule has 5 heteroatoms. The van der Waals surface area contributed by atoms with Crippen molar-refractivity contribution in [1.29, 1.82) is 0 Å². The Bertz CT molecular complexity index is 778. The van der Waals surface area contributed by atoms with Crippen LogP contribution in [0.1, 0.15) is 44.9 Å². The first kappa shape index (κ1) is 18.1. The number of hydrogen-bond acceptors (Lipinski definition) is 4. The lowest BCUT2D eigenvalue weighted by atomic mass is 9.87. The van der Waals surface area contributed by atoms with Crippen LogP contribution in [-0.4, -0.2) is 19.3 Å². The Labute approximate surface area is 154 Å². The molecule has 0 spiro atoms. The molecule has 1 heterocycles. The molecule has 2 aromatic rings. The normalized spacial score (nSPS) is 14.0. The molecule has 5 nitrogen and oxygen atoms in total. The molecule has 1 amide bonds. The highest BCUT2D eigenvalue weighted by Gasteiger charge is 2.17. The largest absolute Gasteiger partial charge is 0.484 e. The van der Waals surface area contributed by atoms with E-state index in [1.807, 2.05) is 49.4 Å². The van der Waals surface area contributed by atoms with Gasteiger partial charge in [-0.2, -0.15) is 0 Å². The molecule has 0 saturated carbocycles. The fourth-order valence-electron chi connectivity index (χ4n) is 2.75. The zero-order valence-corrected chi connectivity index (χ0v) is 15.7. The van der Waals surface area contributed by atoms with Gasteiger partial charge in [-0.1, -0.05) is 39.0 Å². The summed E-state index contributed by atoms with van der Waals surface area (Å²) in [6.45, 7) is 8.62. The molecule has 0 radical (unpaired) electrons. The smallest absolute Gasteiger partial charge is 0.258 e. The summed E-state index contributed by atoms with van der Waals surface area (Å²) in [6.07, 6.45) is 0. The molecule has 1 atom stereocenters. The summed E-state index contributed by atoms with van der Waals surface area (Å²) in [6, 6.07) is 13.4. The van der Waals surface area contributed by atoms with E-state index in [1.54, 1.807) is 0 Å². The van der Waals surface area contributed by atoms with E-state index in [9.17, 15) is 4.79 Å². The molecule has 2 aromatic carbocycles. The summed E-state index contributed by atoms with van der Waals surface area (Å²) in [5.74, 6) is 1.95. The van der Waals surface area contributed by atoms with Crippen LogP contribution in [0, 0.1) is 0 Å². The Morgan fingerprint density at radius 3 is 2.50 bits per heavy atom. The topological polar surface area (TPSA) is 56.8 Å². The quantitative estimate of drug-likeness (QED) is 0.882. The summed E-state index contributed by atoms with van der Waals surface area (Å²) in [5, 5.41) is 2.93. The van der Waals surface area contributed by atoms with Gasteiger partial charge in [-0.15, -0.1) is 0 Å². The lowest BCUT2D eigenvalue weighted by Crippen LogP contribution is -2.31. The van der Waals surface area contributed by atoms with Crippen LogP contribution in [0.5, 0.6) is 17.2 Å². The molecule has 0 saturated heterocycles. The van der Waals surface area contributed by atoms with Gasteiger partial charge in [0.15, 0.2) is 18.1 Å². The highest BCUT2D eigenvalue weighted by Crippen LogP contribution is 2.34. The molecule has 1 aliphatic rings. The van der Waals surface area contributed by atoms with Crippen molar-refractivity contribution in [1.82, 2.24) is 5.32 Å². The maximum atomic E-state index is 12.2. The van der Waals surface area contributed by atoms with Gasteiger partial charge in [-0.05, 0) is 47.7 Å². The number of carbonyl (C=O) groups excluding carboxylic acids is 1. The number of carbonyl (C=O) groups is 1. The first-order valence-electron chi connectivity index (χ1n) is 8.75. The summed E-state index contributed by atoms with van der Waals surface area (Å²) < 4.78 is 16.3. The molecule has 0 bridgehead atoms. The van der Waals surface area contributed by atoms with Crippen molar-refractivity contribution < 1.29 is 19.0 Å². The van der Waals surface area contributed by atoms with Crippen molar-refractivity contribution in [3.05, 3.63) is 53.6 Å². The van der Waals surface area contributed by atoms with E-state index in [-0.39, 0.29) is 30.8 Å². The van der Waals surface area contributed by atoms with Gasteiger partial charge in [-0.25, -0.2) is 0 Å². The lowest BCUT2D eigenvalue weighted by Gasteiger charge is -2.19. The molecular weight excluding hydrogens is 330 g/mol. The van der Waals surface area contributed by atoms with Gasteiger partial charge in [0.05, 0.1) is 6.04 Å². The van der Waals surface area contributed by atoms with Gasteiger partial charge in [0, 0.05) is 0 Å². The molecule has 0 fully saturated rings. The third kappa shape index (κ3) is 4.28. The molecule has 1 aliphatic heterocycles. The highest BCUT2D eigenvalue weighted by molar-refractivity contribution is 5.78. The van der Waals surface area contributed by atoms with Crippen LogP contribution in [0.15, 0.2) is 42.5 Å². The van der Waals surface area contributed by atoms with E-state index in [0.29, 0.717) is 11.5 Å². The predicted molar refractivity (Wildman–Crippen MR) is 99.8 cm³/mol. The van der Waals surface area contributed by atoms with E-state index >= 15 is 0 Å². The Morgan fingerprint density at radius 2 is 1.81 bits per heavy atom. The van der Waals surface area contributed by atoms with Gasteiger partial charge in [0.25, 0.3) is 5.91 Å². The Morgan fingerprint density at radius 1 is 1.12 bits per heavy atom. The van der Waals surface area contributed by atoms with Crippen molar-refractivity contribution in [2.75, 3.05) is 13.4 Å². The average Bonchev–Trinajstić information content (AvgIpc) is 3.07. The fourth-order valence-corrected chi connectivity index (χ4v) is 2.75. The second-order valence-corrected chi connectivity index (χ2v) is 7.46. The minimum absolute atomic E-state index is 0.0241. The number of benzene rings is 2. The van der Waals surface area contributed by atoms with Crippen LogP contribution in [0.3, 0.4) is 0 Å². The zero-order valence-electron chi connectivity index (χ0n) is 15.7. The van der Waals surface area contributed by atoms with Crippen molar-refractivity contribution in [3.63, 3.8) is 0 Å². The van der Waals surface area contributed by atoms with E-state index in [4.69, 9.17) is 14.2 Å². The Hall–Kier alpha value is -2.69. The number of nitrogens with one attached hydrogen (secondary N) is 1. The second kappa shape index (κ2) is 7.28. The third-order valence-corrected chi connectivity index (χ3v) is 4.36. The highest BCUT2D eigenvalue weighted by atomic mass is 16.7. The fraction of sp³-hybridized carbons (Fsp3) is 0.381. The molecule has 0 aromatic heterocycles. The van der Waals surface area contributed by atoms with Gasteiger partial charge >= 0.3 is 0 Å². The molecule has 1 N–H and O–H groups in total. The zero-order chi connectivity index (χ0) is 18.7. The van der Waals surface area contributed by atoms with Gasteiger partial charge in [0.1, 0.15) is 5.75 Å². The van der Waals surface area contributed by atoms with Crippen molar-refractivity contribution in [2.24, 2.45) is 0 Å².